The van der Waals surface area contributed by atoms with Crippen molar-refractivity contribution in [1.82, 2.24) is 15.1 Å². The van der Waals surface area contributed by atoms with Gasteiger partial charge in [0.15, 0.2) is 0 Å². The third-order valence-electron chi connectivity index (χ3n) is 6.03. The standard InChI is InChI=1S/C16H25N3/c1-19-15(2-3-18-19)9-17-10-16-13-5-11-4-12(7-13)8-14(16)6-11/h2-3,11-14,16-17H,4-10H2,1H3. The lowest BCUT2D eigenvalue weighted by Crippen LogP contribution is -2.48. The maximum atomic E-state index is 4.23. The van der Waals surface area contributed by atoms with Crippen molar-refractivity contribution in [3.63, 3.8) is 0 Å². The van der Waals surface area contributed by atoms with E-state index >= 15 is 0 Å². The van der Waals surface area contributed by atoms with Crippen molar-refractivity contribution in [2.75, 3.05) is 6.54 Å². The van der Waals surface area contributed by atoms with Crippen LogP contribution >= 0.6 is 0 Å². The molecule has 4 bridgehead atoms. The molecule has 4 aliphatic rings. The van der Waals surface area contributed by atoms with Crippen LogP contribution in [0.2, 0.25) is 0 Å². The summed E-state index contributed by atoms with van der Waals surface area (Å²) in [6, 6.07) is 2.11. The normalized spacial score (nSPS) is 39.9. The van der Waals surface area contributed by atoms with E-state index in [2.05, 4.69) is 16.5 Å². The molecule has 0 amide bonds. The molecule has 4 aliphatic carbocycles. The van der Waals surface area contributed by atoms with E-state index in [1.165, 1.54) is 37.9 Å². The van der Waals surface area contributed by atoms with Crippen molar-refractivity contribution in [1.29, 1.82) is 0 Å². The molecule has 3 heteroatoms. The molecule has 0 aliphatic heterocycles. The maximum Gasteiger partial charge on any atom is 0.0518 e. The summed E-state index contributed by atoms with van der Waals surface area (Å²) in [4.78, 5) is 0. The van der Waals surface area contributed by atoms with Crippen LogP contribution in [0.25, 0.3) is 0 Å². The van der Waals surface area contributed by atoms with Gasteiger partial charge in [-0.3, -0.25) is 4.68 Å². The molecule has 4 fully saturated rings. The van der Waals surface area contributed by atoms with Crippen LogP contribution in [0, 0.1) is 29.6 Å². The SMILES string of the molecule is Cn1nccc1CNCC1C2CC3CC(C2)CC1C3. The quantitative estimate of drug-likeness (QED) is 0.900. The number of nitrogens with one attached hydrogen (secondary N) is 1. The number of hydrogen-bond acceptors (Lipinski definition) is 2. The second-order valence-corrected chi connectivity index (χ2v) is 7.17. The van der Waals surface area contributed by atoms with Gasteiger partial charge in [-0.15, -0.1) is 0 Å². The van der Waals surface area contributed by atoms with Crippen molar-refractivity contribution in [2.45, 2.75) is 38.6 Å². The molecule has 19 heavy (non-hydrogen) atoms. The van der Waals surface area contributed by atoms with Gasteiger partial charge in [-0.05, 0) is 74.3 Å². The molecule has 0 saturated heterocycles. The van der Waals surface area contributed by atoms with E-state index in [0.29, 0.717) is 0 Å². The van der Waals surface area contributed by atoms with Gasteiger partial charge < -0.3 is 5.32 Å². The first-order valence-corrected chi connectivity index (χ1v) is 7.97. The Morgan fingerprint density at radius 2 is 1.84 bits per heavy atom. The van der Waals surface area contributed by atoms with E-state index in [1.807, 2.05) is 17.9 Å². The molecular formula is C16H25N3. The Bertz CT molecular complexity index is 423. The highest BCUT2D eigenvalue weighted by molar-refractivity contribution is 5.01. The van der Waals surface area contributed by atoms with Crippen molar-refractivity contribution in [3.05, 3.63) is 18.0 Å². The Morgan fingerprint density at radius 1 is 1.16 bits per heavy atom. The molecule has 1 heterocycles. The zero-order valence-electron chi connectivity index (χ0n) is 11.9. The Morgan fingerprint density at radius 3 is 2.42 bits per heavy atom. The van der Waals surface area contributed by atoms with Crippen molar-refractivity contribution >= 4 is 0 Å². The minimum Gasteiger partial charge on any atom is -0.311 e. The number of aromatic nitrogens is 2. The second kappa shape index (κ2) is 4.62. The van der Waals surface area contributed by atoms with E-state index in [4.69, 9.17) is 0 Å². The minimum atomic E-state index is 0.959. The van der Waals surface area contributed by atoms with Crippen molar-refractivity contribution < 1.29 is 0 Å². The predicted octanol–water partition coefficient (Wildman–Crippen LogP) is 2.58. The largest absolute Gasteiger partial charge is 0.311 e. The van der Waals surface area contributed by atoms with Crippen LogP contribution in [0.4, 0.5) is 0 Å². The van der Waals surface area contributed by atoms with Crippen LogP contribution in [-0.4, -0.2) is 16.3 Å². The second-order valence-electron chi connectivity index (χ2n) is 7.17. The Hall–Kier alpha value is -0.830. The van der Waals surface area contributed by atoms with E-state index in [1.54, 1.807) is 6.42 Å². The number of nitrogens with zero attached hydrogens (tertiary/aromatic N) is 2. The van der Waals surface area contributed by atoms with Gasteiger partial charge >= 0.3 is 0 Å². The Kier molecular flexibility index (Phi) is 2.91. The van der Waals surface area contributed by atoms with Crippen LogP contribution < -0.4 is 5.32 Å². The van der Waals surface area contributed by atoms with Crippen molar-refractivity contribution in [2.24, 2.45) is 36.6 Å². The average Bonchev–Trinajstić information content (AvgIpc) is 2.78. The zero-order valence-corrected chi connectivity index (χ0v) is 11.9. The van der Waals surface area contributed by atoms with E-state index < -0.39 is 0 Å². The van der Waals surface area contributed by atoms with Gasteiger partial charge in [0.2, 0.25) is 0 Å². The number of hydrogen-bond donors (Lipinski definition) is 1. The summed E-state index contributed by atoms with van der Waals surface area (Å²) in [5, 5.41) is 7.93. The predicted molar refractivity (Wildman–Crippen MR) is 75.4 cm³/mol. The first-order chi connectivity index (χ1) is 9.29. The molecule has 1 N–H and O–H groups in total. The summed E-state index contributed by atoms with van der Waals surface area (Å²) < 4.78 is 1.98. The summed E-state index contributed by atoms with van der Waals surface area (Å²) in [5.41, 5.74) is 1.30. The molecule has 1 aromatic heterocycles. The Balaban J connectivity index is 1.35. The Labute approximate surface area is 115 Å². The highest BCUT2D eigenvalue weighted by Crippen LogP contribution is 2.56. The highest BCUT2D eigenvalue weighted by Gasteiger charge is 2.47. The summed E-state index contributed by atoms with van der Waals surface area (Å²) >= 11 is 0. The number of aryl methyl sites for hydroxylation is 1. The summed E-state index contributed by atoms with van der Waals surface area (Å²) in [6.45, 7) is 2.19. The molecule has 5 rings (SSSR count). The topological polar surface area (TPSA) is 29.9 Å². The van der Waals surface area contributed by atoms with Gasteiger partial charge in [-0.25, -0.2) is 0 Å². The van der Waals surface area contributed by atoms with Gasteiger partial charge in [0.1, 0.15) is 0 Å². The van der Waals surface area contributed by atoms with Crippen LogP contribution in [0.3, 0.4) is 0 Å². The molecule has 0 aromatic carbocycles. The van der Waals surface area contributed by atoms with Gasteiger partial charge in [-0.1, -0.05) is 0 Å². The average molecular weight is 259 g/mol. The van der Waals surface area contributed by atoms with Gasteiger partial charge in [0, 0.05) is 19.8 Å². The lowest BCUT2D eigenvalue weighted by atomic mass is 9.52. The third-order valence-corrected chi connectivity index (χ3v) is 6.03. The van der Waals surface area contributed by atoms with Gasteiger partial charge in [0.05, 0.1) is 5.69 Å². The first kappa shape index (κ1) is 12.0. The van der Waals surface area contributed by atoms with Crippen molar-refractivity contribution in [3.8, 4) is 0 Å². The summed E-state index contributed by atoms with van der Waals surface area (Å²) in [6.07, 6.45) is 9.58. The number of rotatable bonds is 4. The molecule has 0 atom stereocenters. The first-order valence-electron chi connectivity index (χ1n) is 7.97. The molecule has 0 radical (unpaired) electrons. The zero-order chi connectivity index (χ0) is 12.8. The fraction of sp³-hybridized carbons (Fsp3) is 0.812. The molecule has 104 valence electrons. The molecular weight excluding hydrogens is 234 g/mol. The summed E-state index contributed by atoms with van der Waals surface area (Å²) in [5.74, 6) is 5.22. The highest BCUT2D eigenvalue weighted by atomic mass is 15.3. The van der Waals surface area contributed by atoms with E-state index in [9.17, 15) is 0 Å². The van der Waals surface area contributed by atoms with Gasteiger partial charge in [-0.2, -0.15) is 5.10 Å². The molecule has 0 spiro atoms. The van der Waals surface area contributed by atoms with Gasteiger partial charge in [0.25, 0.3) is 0 Å². The van der Waals surface area contributed by atoms with E-state index in [-0.39, 0.29) is 0 Å². The third kappa shape index (κ3) is 2.12. The van der Waals surface area contributed by atoms with Crippen LogP contribution in [0.15, 0.2) is 12.3 Å². The van der Waals surface area contributed by atoms with Crippen LogP contribution in [0.1, 0.15) is 37.8 Å². The molecule has 3 nitrogen and oxygen atoms in total. The molecule has 0 unspecified atom stereocenters. The fourth-order valence-corrected chi connectivity index (χ4v) is 5.31. The molecule has 4 saturated carbocycles. The van der Waals surface area contributed by atoms with Crippen LogP contribution in [-0.2, 0) is 13.6 Å². The molecule has 1 aromatic rings. The maximum absolute atomic E-state index is 4.23. The van der Waals surface area contributed by atoms with Crippen LogP contribution in [0.5, 0.6) is 0 Å². The fourth-order valence-electron chi connectivity index (χ4n) is 5.31. The lowest BCUT2D eigenvalue weighted by Gasteiger charge is -2.54. The minimum absolute atomic E-state index is 0.959. The monoisotopic (exact) mass is 259 g/mol. The van der Waals surface area contributed by atoms with E-state index in [0.717, 1.165) is 36.1 Å². The smallest absolute Gasteiger partial charge is 0.0518 e. The summed E-state index contributed by atoms with van der Waals surface area (Å²) in [7, 11) is 2.03. The lowest BCUT2D eigenvalue weighted by molar-refractivity contribution is -0.0356.